The normalized spacial score (nSPS) is 29.0. The van der Waals surface area contributed by atoms with Crippen LogP contribution in [0.25, 0.3) is 0 Å². The molecule has 1 aliphatic rings. The number of hydrogen-bond acceptors (Lipinski definition) is 2. The average molecular weight is 254 g/mol. The van der Waals surface area contributed by atoms with E-state index in [0.717, 1.165) is 31.6 Å². The number of carbonyl (C=O) groups excluding carboxylic acids is 1. The summed E-state index contributed by atoms with van der Waals surface area (Å²) in [6, 6.07) is 0. The molecule has 2 heteroatoms. The van der Waals surface area contributed by atoms with E-state index < -0.39 is 0 Å². The van der Waals surface area contributed by atoms with Gasteiger partial charge in [0.1, 0.15) is 5.60 Å². The van der Waals surface area contributed by atoms with Crippen LogP contribution in [-0.4, -0.2) is 12.1 Å². The third-order valence-electron chi connectivity index (χ3n) is 4.74. The van der Waals surface area contributed by atoms with Crippen molar-refractivity contribution in [3.8, 4) is 0 Å². The quantitative estimate of drug-likeness (QED) is 0.622. The van der Waals surface area contributed by atoms with Gasteiger partial charge in [-0.2, -0.15) is 0 Å². The fourth-order valence-corrected chi connectivity index (χ4v) is 4.09. The van der Waals surface area contributed by atoms with Gasteiger partial charge in [0, 0.05) is 5.92 Å². The van der Waals surface area contributed by atoms with Gasteiger partial charge < -0.3 is 4.74 Å². The Balaban J connectivity index is 2.88. The Bertz CT molecular complexity index is 243. The minimum absolute atomic E-state index is 0.190. The molecule has 0 aromatic heterocycles. The number of hydrogen-bond donors (Lipinski definition) is 0. The summed E-state index contributed by atoms with van der Waals surface area (Å²) in [5, 5.41) is 0. The summed E-state index contributed by atoms with van der Waals surface area (Å²) in [6.45, 7) is 9.75. The first-order valence-corrected chi connectivity index (χ1v) is 7.71. The number of rotatable bonds is 7. The van der Waals surface area contributed by atoms with E-state index >= 15 is 0 Å². The first-order chi connectivity index (χ1) is 8.59. The molecule has 2 nitrogen and oxygen atoms in total. The molecule has 3 atom stereocenters. The van der Waals surface area contributed by atoms with Gasteiger partial charge in [-0.3, -0.25) is 4.79 Å². The molecule has 1 saturated carbocycles. The molecule has 0 N–H and O–H groups in total. The number of ether oxygens (including phenoxy) is 1. The molecular weight excluding hydrogens is 224 g/mol. The third kappa shape index (κ3) is 3.49. The lowest BCUT2D eigenvalue weighted by Gasteiger charge is -2.45. The molecular formula is C16H30O2. The number of carbonyl (C=O) groups is 1. The first-order valence-electron chi connectivity index (χ1n) is 7.71. The fraction of sp³-hybridized carbons (Fsp3) is 0.938. The molecule has 0 aromatic rings. The first kappa shape index (κ1) is 15.5. The van der Waals surface area contributed by atoms with E-state index in [2.05, 4.69) is 27.7 Å². The van der Waals surface area contributed by atoms with Crippen LogP contribution in [0.4, 0.5) is 0 Å². The standard InChI is InChI=1S/C16H30O2/c1-5-9-16(10-6-2,18-12-17)15-8-7-13(3)11-14(15)4/h12-15H,5-11H2,1-4H3. The topological polar surface area (TPSA) is 26.3 Å². The zero-order chi connectivity index (χ0) is 13.6. The Morgan fingerprint density at radius 3 is 2.22 bits per heavy atom. The molecule has 3 unspecified atom stereocenters. The Morgan fingerprint density at radius 1 is 1.17 bits per heavy atom. The fourth-order valence-electron chi connectivity index (χ4n) is 4.09. The van der Waals surface area contributed by atoms with Crippen molar-refractivity contribution in [2.24, 2.45) is 17.8 Å². The van der Waals surface area contributed by atoms with E-state index in [0.29, 0.717) is 18.3 Å². The van der Waals surface area contributed by atoms with E-state index in [1.54, 1.807) is 0 Å². The van der Waals surface area contributed by atoms with Crippen LogP contribution >= 0.6 is 0 Å². The second kappa shape index (κ2) is 7.16. The van der Waals surface area contributed by atoms with Crippen LogP contribution in [0.1, 0.15) is 72.6 Å². The van der Waals surface area contributed by atoms with Crippen LogP contribution < -0.4 is 0 Å². The Hall–Kier alpha value is -0.530. The molecule has 106 valence electrons. The summed E-state index contributed by atoms with van der Waals surface area (Å²) in [4.78, 5) is 11.0. The second-order valence-corrected chi connectivity index (χ2v) is 6.28. The van der Waals surface area contributed by atoms with Crippen LogP contribution in [-0.2, 0) is 9.53 Å². The molecule has 1 rings (SSSR count). The van der Waals surface area contributed by atoms with Crippen molar-refractivity contribution in [2.45, 2.75) is 78.2 Å². The van der Waals surface area contributed by atoms with Gasteiger partial charge in [-0.15, -0.1) is 0 Å². The minimum Gasteiger partial charge on any atom is -0.461 e. The molecule has 0 amide bonds. The van der Waals surface area contributed by atoms with Gasteiger partial charge in [0.2, 0.25) is 0 Å². The van der Waals surface area contributed by atoms with Crippen molar-refractivity contribution in [1.29, 1.82) is 0 Å². The van der Waals surface area contributed by atoms with Crippen molar-refractivity contribution in [3.05, 3.63) is 0 Å². The average Bonchev–Trinajstić information content (AvgIpc) is 2.29. The summed E-state index contributed by atoms with van der Waals surface area (Å²) in [6.07, 6.45) is 8.00. The second-order valence-electron chi connectivity index (χ2n) is 6.28. The van der Waals surface area contributed by atoms with Gasteiger partial charge in [0.25, 0.3) is 6.47 Å². The molecule has 0 aliphatic heterocycles. The lowest BCUT2D eigenvalue weighted by Crippen LogP contribution is -2.45. The zero-order valence-electron chi connectivity index (χ0n) is 12.6. The Labute approximate surface area is 112 Å². The van der Waals surface area contributed by atoms with Gasteiger partial charge in [-0.25, -0.2) is 0 Å². The van der Waals surface area contributed by atoms with Crippen molar-refractivity contribution >= 4 is 6.47 Å². The highest BCUT2D eigenvalue weighted by Gasteiger charge is 2.43. The van der Waals surface area contributed by atoms with E-state index in [9.17, 15) is 4.79 Å². The molecule has 1 fully saturated rings. The van der Waals surface area contributed by atoms with Crippen molar-refractivity contribution in [3.63, 3.8) is 0 Å². The van der Waals surface area contributed by atoms with E-state index in [4.69, 9.17) is 4.74 Å². The summed E-state index contributed by atoms with van der Waals surface area (Å²) in [5.74, 6) is 2.05. The van der Waals surface area contributed by atoms with E-state index in [-0.39, 0.29) is 5.60 Å². The molecule has 1 aliphatic carbocycles. The molecule has 0 aromatic carbocycles. The molecule has 0 bridgehead atoms. The maximum atomic E-state index is 11.0. The third-order valence-corrected chi connectivity index (χ3v) is 4.74. The van der Waals surface area contributed by atoms with Gasteiger partial charge in [-0.05, 0) is 37.5 Å². The van der Waals surface area contributed by atoms with Gasteiger partial charge in [0.05, 0.1) is 0 Å². The smallest absolute Gasteiger partial charge is 0.293 e. The Morgan fingerprint density at radius 2 is 1.78 bits per heavy atom. The van der Waals surface area contributed by atoms with E-state index in [1.807, 2.05) is 0 Å². The highest BCUT2D eigenvalue weighted by atomic mass is 16.5. The zero-order valence-corrected chi connectivity index (χ0v) is 12.6. The van der Waals surface area contributed by atoms with Crippen LogP contribution in [0.2, 0.25) is 0 Å². The van der Waals surface area contributed by atoms with Crippen LogP contribution in [0.3, 0.4) is 0 Å². The lowest BCUT2D eigenvalue weighted by atomic mass is 9.65. The maximum Gasteiger partial charge on any atom is 0.293 e. The van der Waals surface area contributed by atoms with Crippen LogP contribution in [0.15, 0.2) is 0 Å². The predicted molar refractivity (Wildman–Crippen MR) is 75.4 cm³/mol. The van der Waals surface area contributed by atoms with Gasteiger partial charge in [0.15, 0.2) is 0 Å². The molecule has 0 saturated heterocycles. The summed E-state index contributed by atoms with van der Waals surface area (Å²) < 4.78 is 5.68. The minimum atomic E-state index is -0.190. The molecule has 0 spiro atoms. The summed E-state index contributed by atoms with van der Waals surface area (Å²) in [5.41, 5.74) is -0.190. The van der Waals surface area contributed by atoms with Crippen LogP contribution in [0.5, 0.6) is 0 Å². The lowest BCUT2D eigenvalue weighted by molar-refractivity contribution is -0.158. The largest absolute Gasteiger partial charge is 0.461 e. The summed E-state index contributed by atoms with van der Waals surface area (Å²) >= 11 is 0. The Kier molecular flexibility index (Phi) is 6.17. The van der Waals surface area contributed by atoms with Gasteiger partial charge >= 0.3 is 0 Å². The van der Waals surface area contributed by atoms with Crippen molar-refractivity contribution in [2.75, 3.05) is 0 Å². The SMILES string of the molecule is CCCC(CCC)(OC=O)C1CCC(C)CC1C. The van der Waals surface area contributed by atoms with Gasteiger partial charge in [-0.1, -0.05) is 47.0 Å². The monoisotopic (exact) mass is 254 g/mol. The van der Waals surface area contributed by atoms with Crippen LogP contribution in [0, 0.1) is 17.8 Å². The predicted octanol–water partition coefficient (Wildman–Crippen LogP) is 4.57. The summed E-state index contributed by atoms with van der Waals surface area (Å²) in [7, 11) is 0. The van der Waals surface area contributed by atoms with E-state index in [1.165, 1.54) is 19.3 Å². The molecule has 18 heavy (non-hydrogen) atoms. The highest BCUT2D eigenvalue weighted by Crippen LogP contribution is 2.45. The molecule has 0 radical (unpaired) electrons. The maximum absolute atomic E-state index is 11.0. The highest BCUT2D eigenvalue weighted by molar-refractivity contribution is 5.38. The van der Waals surface area contributed by atoms with Crippen molar-refractivity contribution in [1.82, 2.24) is 0 Å². The van der Waals surface area contributed by atoms with Crippen molar-refractivity contribution < 1.29 is 9.53 Å². The molecule has 0 heterocycles.